The van der Waals surface area contributed by atoms with Crippen LogP contribution in [0.1, 0.15) is 23.1 Å². The lowest BCUT2D eigenvalue weighted by Gasteiger charge is -2.37. The van der Waals surface area contributed by atoms with E-state index in [2.05, 4.69) is 35.9 Å². The predicted molar refractivity (Wildman–Crippen MR) is 80.9 cm³/mol. The predicted octanol–water partition coefficient (Wildman–Crippen LogP) is 1.56. The van der Waals surface area contributed by atoms with E-state index < -0.39 is 0 Å². The molecule has 3 nitrogen and oxygen atoms in total. The molecule has 0 bridgehead atoms. The largest absolute Gasteiger partial charge is 0.369 e. The summed E-state index contributed by atoms with van der Waals surface area (Å²) < 4.78 is 0. The molecule has 1 aromatic carbocycles. The van der Waals surface area contributed by atoms with Crippen LogP contribution in [0, 0.1) is 6.92 Å². The maximum absolute atomic E-state index is 6.19. The van der Waals surface area contributed by atoms with Crippen LogP contribution in [0.15, 0.2) is 12.1 Å². The Morgan fingerprint density at radius 3 is 2.58 bits per heavy atom. The summed E-state index contributed by atoms with van der Waals surface area (Å²) in [6.07, 6.45) is 3.35. The van der Waals surface area contributed by atoms with Crippen LogP contribution in [0.25, 0.3) is 0 Å². The molecule has 2 aliphatic rings. The first kappa shape index (κ1) is 12.9. The fourth-order valence-corrected chi connectivity index (χ4v) is 3.41. The molecule has 0 saturated carbocycles. The summed E-state index contributed by atoms with van der Waals surface area (Å²) >= 11 is 0. The third-order valence-electron chi connectivity index (χ3n) is 4.72. The minimum Gasteiger partial charge on any atom is -0.369 e. The van der Waals surface area contributed by atoms with E-state index in [1.807, 2.05) is 0 Å². The third-order valence-corrected chi connectivity index (χ3v) is 4.72. The SMILES string of the molecule is Cc1ccc(N2CCN(C)CC2)c2c1CCC(N)C2. The normalized spacial score (nSPS) is 24.4. The van der Waals surface area contributed by atoms with Crippen LogP contribution in [0.3, 0.4) is 0 Å². The first-order chi connectivity index (χ1) is 9.15. The fraction of sp³-hybridized carbons (Fsp3) is 0.625. The zero-order chi connectivity index (χ0) is 13.4. The molecule has 0 amide bonds. The standard InChI is InChI=1S/C16H25N3/c1-12-3-6-16(19-9-7-18(2)8-10-19)15-11-13(17)4-5-14(12)15/h3,6,13H,4-5,7-11,17H2,1-2H3. The van der Waals surface area contributed by atoms with Gasteiger partial charge in [0, 0.05) is 37.9 Å². The van der Waals surface area contributed by atoms with Crippen LogP contribution >= 0.6 is 0 Å². The van der Waals surface area contributed by atoms with Crippen molar-refractivity contribution in [1.82, 2.24) is 4.90 Å². The van der Waals surface area contributed by atoms with Crippen molar-refractivity contribution in [2.75, 3.05) is 38.1 Å². The lowest BCUT2D eigenvalue weighted by molar-refractivity contribution is 0.312. The monoisotopic (exact) mass is 259 g/mol. The zero-order valence-electron chi connectivity index (χ0n) is 12.2. The van der Waals surface area contributed by atoms with Crippen LogP contribution in [0.4, 0.5) is 5.69 Å². The molecule has 0 radical (unpaired) electrons. The van der Waals surface area contributed by atoms with Crippen molar-refractivity contribution < 1.29 is 0 Å². The summed E-state index contributed by atoms with van der Waals surface area (Å²) in [6, 6.07) is 4.96. The third kappa shape index (κ3) is 2.49. The molecule has 2 N–H and O–H groups in total. The molecule has 1 fully saturated rings. The molecule has 1 aliphatic carbocycles. The molecule has 1 heterocycles. The second-order valence-electron chi connectivity index (χ2n) is 6.15. The molecule has 0 aromatic heterocycles. The molecule has 1 unspecified atom stereocenters. The average Bonchev–Trinajstić information content (AvgIpc) is 2.40. The molecule has 3 heteroatoms. The highest BCUT2D eigenvalue weighted by Crippen LogP contribution is 2.32. The Labute approximate surface area is 116 Å². The van der Waals surface area contributed by atoms with Crippen LogP contribution in [-0.4, -0.2) is 44.2 Å². The van der Waals surface area contributed by atoms with Crippen molar-refractivity contribution in [3.63, 3.8) is 0 Å². The van der Waals surface area contributed by atoms with E-state index in [0.29, 0.717) is 6.04 Å². The van der Waals surface area contributed by atoms with E-state index in [1.54, 1.807) is 5.56 Å². The van der Waals surface area contributed by atoms with E-state index >= 15 is 0 Å². The first-order valence-electron chi connectivity index (χ1n) is 7.45. The van der Waals surface area contributed by atoms with Gasteiger partial charge in [-0.05, 0) is 56.0 Å². The quantitative estimate of drug-likeness (QED) is 0.831. The number of benzene rings is 1. The van der Waals surface area contributed by atoms with E-state index in [4.69, 9.17) is 5.73 Å². The molecular formula is C16H25N3. The van der Waals surface area contributed by atoms with Crippen molar-refractivity contribution in [3.05, 3.63) is 28.8 Å². The molecule has 3 rings (SSSR count). The topological polar surface area (TPSA) is 32.5 Å². The number of likely N-dealkylation sites (N-methyl/N-ethyl adjacent to an activating group) is 1. The minimum absolute atomic E-state index is 0.348. The van der Waals surface area contributed by atoms with Crippen molar-refractivity contribution >= 4 is 5.69 Å². The number of rotatable bonds is 1. The van der Waals surface area contributed by atoms with Crippen molar-refractivity contribution in [3.8, 4) is 0 Å². The van der Waals surface area contributed by atoms with Crippen LogP contribution in [0.5, 0.6) is 0 Å². The Hall–Kier alpha value is -1.06. The van der Waals surface area contributed by atoms with Crippen LogP contribution < -0.4 is 10.6 Å². The lowest BCUT2D eigenvalue weighted by atomic mass is 9.84. The smallest absolute Gasteiger partial charge is 0.0403 e. The van der Waals surface area contributed by atoms with E-state index in [-0.39, 0.29) is 0 Å². The Morgan fingerprint density at radius 1 is 1.11 bits per heavy atom. The van der Waals surface area contributed by atoms with Crippen molar-refractivity contribution in [2.45, 2.75) is 32.2 Å². The van der Waals surface area contributed by atoms with Gasteiger partial charge >= 0.3 is 0 Å². The van der Waals surface area contributed by atoms with Crippen LogP contribution in [0.2, 0.25) is 0 Å². The summed E-state index contributed by atoms with van der Waals surface area (Å²) in [5, 5.41) is 0. The Morgan fingerprint density at radius 2 is 1.84 bits per heavy atom. The average molecular weight is 259 g/mol. The van der Waals surface area contributed by atoms with Gasteiger partial charge in [-0.15, -0.1) is 0 Å². The van der Waals surface area contributed by atoms with Gasteiger partial charge in [0.2, 0.25) is 0 Å². The van der Waals surface area contributed by atoms with Gasteiger partial charge in [-0.1, -0.05) is 6.07 Å². The number of nitrogens with zero attached hydrogens (tertiary/aromatic N) is 2. The maximum Gasteiger partial charge on any atom is 0.0403 e. The van der Waals surface area contributed by atoms with Gasteiger partial charge in [0.05, 0.1) is 0 Å². The van der Waals surface area contributed by atoms with Gasteiger partial charge < -0.3 is 15.5 Å². The molecule has 19 heavy (non-hydrogen) atoms. The van der Waals surface area contributed by atoms with Gasteiger partial charge in [-0.25, -0.2) is 0 Å². The molecule has 0 spiro atoms. The van der Waals surface area contributed by atoms with Gasteiger partial charge in [0.25, 0.3) is 0 Å². The Bertz CT molecular complexity index is 461. The van der Waals surface area contributed by atoms with Crippen LogP contribution in [-0.2, 0) is 12.8 Å². The van der Waals surface area contributed by atoms with E-state index in [1.165, 1.54) is 16.8 Å². The number of aryl methyl sites for hydroxylation is 1. The summed E-state index contributed by atoms with van der Waals surface area (Å²) in [5.41, 5.74) is 12.2. The van der Waals surface area contributed by atoms with Gasteiger partial charge in [-0.3, -0.25) is 0 Å². The Balaban J connectivity index is 1.93. The van der Waals surface area contributed by atoms with Crippen molar-refractivity contribution in [1.29, 1.82) is 0 Å². The highest BCUT2D eigenvalue weighted by molar-refractivity contribution is 5.60. The number of fused-ring (bicyclic) bond motifs is 1. The number of piperazine rings is 1. The number of nitrogens with two attached hydrogens (primary N) is 1. The zero-order valence-corrected chi connectivity index (χ0v) is 12.2. The molecule has 1 aromatic rings. The number of hydrogen-bond donors (Lipinski definition) is 1. The summed E-state index contributed by atoms with van der Waals surface area (Å²) in [6.45, 7) is 6.84. The highest BCUT2D eigenvalue weighted by atomic mass is 15.2. The maximum atomic E-state index is 6.19. The molecule has 1 saturated heterocycles. The van der Waals surface area contributed by atoms with Gasteiger partial charge in [-0.2, -0.15) is 0 Å². The highest BCUT2D eigenvalue weighted by Gasteiger charge is 2.24. The fourth-order valence-electron chi connectivity index (χ4n) is 3.41. The number of anilines is 1. The second-order valence-corrected chi connectivity index (χ2v) is 6.15. The lowest BCUT2D eigenvalue weighted by Crippen LogP contribution is -2.45. The summed E-state index contributed by atoms with van der Waals surface area (Å²) in [5.74, 6) is 0. The number of hydrogen-bond acceptors (Lipinski definition) is 3. The minimum atomic E-state index is 0.348. The van der Waals surface area contributed by atoms with E-state index in [0.717, 1.165) is 45.4 Å². The van der Waals surface area contributed by atoms with Gasteiger partial charge in [0.1, 0.15) is 0 Å². The molecule has 104 valence electrons. The first-order valence-corrected chi connectivity index (χ1v) is 7.45. The summed E-state index contributed by atoms with van der Waals surface area (Å²) in [4.78, 5) is 4.96. The summed E-state index contributed by atoms with van der Waals surface area (Å²) in [7, 11) is 2.21. The Kier molecular flexibility index (Phi) is 3.50. The van der Waals surface area contributed by atoms with E-state index in [9.17, 15) is 0 Å². The second kappa shape index (κ2) is 5.14. The molecule has 1 aliphatic heterocycles. The van der Waals surface area contributed by atoms with Crippen molar-refractivity contribution in [2.24, 2.45) is 5.73 Å². The molecular weight excluding hydrogens is 234 g/mol. The van der Waals surface area contributed by atoms with Gasteiger partial charge in [0.15, 0.2) is 0 Å². The molecule has 1 atom stereocenters.